The van der Waals surface area contributed by atoms with E-state index in [1.54, 1.807) is 6.07 Å². The Kier molecular flexibility index (Phi) is 7.03. The third-order valence-electron chi connectivity index (χ3n) is 7.42. The van der Waals surface area contributed by atoms with Crippen LogP contribution in [0.4, 0.5) is 4.79 Å². The van der Waals surface area contributed by atoms with Gasteiger partial charge in [-0.05, 0) is 18.6 Å². The number of aromatic hydroxyl groups is 1. The van der Waals surface area contributed by atoms with E-state index in [1.807, 2.05) is 65.4 Å². The Labute approximate surface area is 245 Å². The van der Waals surface area contributed by atoms with Gasteiger partial charge in [-0.3, -0.25) is 24.2 Å². The molecule has 0 saturated carbocycles. The van der Waals surface area contributed by atoms with Gasteiger partial charge < -0.3 is 18.8 Å². The van der Waals surface area contributed by atoms with E-state index in [0.29, 0.717) is 36.6 Å². The highest BCUT2D eigenvalue weighted by Crippen LogP contribution is 2.31. The molecule has 2 aromatic heterocycles. The first kappa shape index (κ1) is 27.5. The van der Waals surface area contributed by atoms with E-state index < -0.39 is 17.8 Å². The van der Waals surface area contributed by atoms with E-state index in [1.165, 1.54) is 32.3 Å². The number of imide groups is 2. The number of phenols is 1. The second-order valence-electron chi connectivity index (χ2n) is 10.2. The Bertz CT molecular complexity index is 1980. The molecule has 0 radical (unpaired) electrons. The van der Waals surface area contributed by atoms with Crippen LogP contribution in [0.5, 0.6) is 11.5 Å². The normalized spacial score (nSPS) is 13.8. The first-order chi connectivity index (χ1) is 20.7. The molecule has 216 valence electrons. The van der Waals surface area contributed by atoms with E-state index in [9.17, 15) is 24.3 Å². The van der Waals surface area contributed by atoms with Gasteiger partial charge in [0.05, 0.1) is 6.61 Å². The summed E-state index contributed by atoms with van der Waals surface area (Å²) in [6.07, 6.45) is 3.96. The number of phenolic OH excluding ortho intramolecular Hbond substituents is 1. The van der Waals surface area contributed by atoms with Gasteiger partial charge in [-0.1, -0.05) is 48.5 Å². The Balaban J connectivity index is 1.21. The summed E-state index contributed by atoms with van der Waals surface area (Å²) in [6, 6.07) is 20.5. The average Bonchev–Trinajstić information content (AvgIpc) is 3.36. The fraction of sp³-hybridized carbons (Fsp3) is 0.152. The van der Waals surface area contributed by atoms with Crippen molar-refractivity contribution in [3.63, 3.8) is 0 Å². The molecule has 0 unspecified atom stereocenters. The molecule has 1 fully saturated rings. The number of nitrogens with zero attached hydrogens (tertiary/aromatic N) is 3. The maximum atomic E-state index is 12.7. The Morgan fingerprint density at radius 3 is 2.33 bits per heavy atom. The second kappa shape index (κ2) is 11.0. The first-order valence-electron chi connectivity index (χ1n) is 13.6. The highest BCUT2D eigenvalue weighted by Gasteiger charge is 2.38. The van der Waals surface area contributed by atoms with Gasteiger partial charge in [0.2, 0.25) is 0 Å². The number of urea groups is 1. The van der Waals surface area contributed by atoms with Crippen molar-refractivity contribution in [3.05, 3.63) is 100 Å². The van der Waals surface area contributed by atoms with Crippen LogP contribution in [0.25, 0.3) is 39.3 Å². The minimum atomic E-state index is -0.673. The van der Waals surface area contributed by atoms with Crippen molar-refractivity contribution in [1.29, 1.82) is 0 Å². The number of hydrogen-bond donors (Lipinski definition) is 1. The minimum absolute atomic E-state index is 0.0872. The molecule has 3 aromatic carbocycles. The topological polar surface area (TPSA) is 122 Å². The molecular weight excluding hydrogens is 550 g/mol. The maximum Gasteiger partial charge on any atom is 0.333 e. The third kappa shape index (κ3) is 5.03. The van der Waals surface area contributed by atoms with Crippen LogP contribution in [0.3, 0.4) is 0 Å². The van der Waals surface area contributed by atoms with E-state index >= 15 is 0 Å². The molecule has 10 nitrogen and oxygen atoms in total. The zero-order valence-corrected chi connectivity index (χ0v) is 23.4. The molecular formula is C33H27N3O7. The molecule has 0 spiro atoms. The molecule has 0 aliphatic carbocycles. The molecule has 5 aromatic rings. The molecule has 0 bridgehead atoms. The number of aryl methyl sites for hydroxylation is 1. The van der Waals surface area contributed by atoms with Crippen LogP contribution in [0.2, 0.25) is 0 Å². The number of carbonyl (C=O) groups excluding carboxylic acids is 3. The predicted molar refractivity (Wildman–Crippen MR) is 161 cm³/mol. The summed E-state index contributed by atoms with van der Waals surface area (Å²) in [5, 5.41) is 11.5. The molecule has 6 rings (SSSR count). The number of fused-ring (bicyclic) bond motifs is 2. The predicted octanol–water partition coefficient (Wildman–Crippen LogP) is 5.02. The van der Waals surface area contributed by atoms with Crippen LogP contribution >= 0.6 is 0 Å². The van der Waals surface area contributed by atoms with Gasteiger partial charge in [-0.25, -0.2) is 4.79 Å². The summed E-state index contributed by atoms with van der Waals surface area (Å²) in [5.74, 6) is -0.771. The Morgan fingerprint density at radius 2 is 1.58 bits per heavy atom. The zero-order chi connectivity index (χ0) is 30.2. The summed E-state index contributed by atoms with van der Waals surface area (Å²) in [5.41, 5.74) is 2.10. The van der Waals surface area contributed by atoms with Gasteiger partial charge in [0.1, 0.15) is 33.8 Å². The standard InChI is InChI=1S/C33H27N3O7/c1-34-31(39)24(32(40)35(2)33(34)41)15-21-19-36(25-12-7-6-11-23(21)25)13-8-14-42-22-16-26(37)30-27(38)18-28(43-29(30)17-22)20-9-4-3-5-10-20/h3-7,9-12,15-19,37H,8,13-14H2,1-2H3. The highest BCUT2D eigenvalue weighted by atomic mass is 16.5. The summed E-state index contributed by atoms with van der Waals surface area (Å²) >= 11 is 0. The van der Waals surface area contributed by atoms with Crippen LogP contribution in [-0.4, -0.2) is 58.0 Å². The number of para-hydroxylation sites is 1. The molecule has 1 aliphatic heterocycles. The molecule has 4 amide bonds. The van der Waals surface area contributed by atoms with Gasteiger partial charge in [0.15, 0.2) is 5.43 Å². The average molecular weight is 578 g/mol. The lowest BCUT2D eigenvalue weighted by atomic mass is 10.1. The molecule has 0 atom stereocenters. The quantitative estimate of drug-likeness (QED) is 0.164. The second-order valence-corrected chi connectivity index (χ2v) is 10.2. The Hall–Kier alpha value is -5.64. The monoisotopic (exact) mass is 577 g/mol. The van der Waals surface area contributed by atoms with E-state index in [-0.39, 0.29) is 27.7 Å². The zero-order valence-electron chi connectivity index (χ0n) is 23.4. The number of carbonyl (C=O) groups is 3. The van der Waals surface area contributed by atoms with Crippen molar-refractivity contribution < 1.29 is 28.6 Å². The van der Waals surface area contributed by atoms with Crippen LogP contribution in [0.1, 0.15) is 12.0 Å². The molecule has 43 heavy (non-hydrogen) atoms. The molecule has 1 N–H and O–H groups in total. The van der Waals surface area contributed by atoms with Crippen molar-refractivity contribution in [2.24, 2.45) is 0 Å². The van der Waals surface area contributed by atoms with Crippen molar-refractivity contribution in [3.8, 4) is 22.8 Å². The van der Waals surface area contributed by atoms with Crippen LogP contribution in [0.15, 0.2) is 93.8 Å². The van der Waals surface area contributed by atoms with Crippen LogP contribution in [0, 0.1) is 0 Å². The molecule has 1 aliphatic rings. The van der Waals surface area contributed by atoms with Gasteiger partial charge in [-0.2, -0.15) is 0 Å². The number of aromatic nitrogens is 1. The number of amides is 4. The maximum absolute atomic E-state index is 12.7. The Morgan fingerprint density at radius 1 is 0.884 bits per heavy atom. The number of ether oxygens (including phenoxy) is 1. The van der Waals surface area contributed by atoms with Gasteiger partial charge >= 0.3 is 6.03 Å². The fourth-order valence-electron chi connectivity index (χ4n) is 5.20. The minimum Gasteiger partial charge on any atom is -0.507 e. The van der Waals surface area contributed by atoms with Gasteiger partial charge in [-0.15, -0.1) is 0 Å². The number of rotatable bonds is 7. The number of likely N-dealkylation sites (N-methyl/N-ethyl adjacent to an activating group) is 2. The lowest BCUT2D eigenvalue weighted by Crippen LogP contribution is -2.52. The van der Waals surface area contributed by atoms with Crippen molar-refractivity contribution in [1.82, 2.24) is 14.4 Å². The molecule has 3 heterocycles. The smallest absolute Gasteiger partial charge is 0.333 e. The van der Waals surface area contributed by atoms with Gasteiger partial charge in [0, 0.05) is 67.1 Å². The van der Waals surface area contributed by atoms with Crippen LogP contribution < -0.4 is 10.2 Å². The largest absolute Gasteiger partial charge is 0.507 e. The highest BCUT2D eigenvalue weighted by molar-refractivity contribution is 6.31. The summed E-state index contributed by atoms with van der Waals surface area (Å²) in [4.78, 5) is 52.1. The van der Waals surface area contributed by atoms with Crippen molar-refractivity contribution >= 4 is 45.8 Å². The number of barbiturate groups is 1. The van der Waals surface area contributed by atoms with Crippen LogP contribution in [-0.2, 0) is 16.1 Å². The van der Waals surface area contributed by atoms with Gasteiger partial charge in [0.25, 0.3) is 11.8 Å². The third-order valence-corrected chi connectivity index (χ3v) is 7.42. The molecule has 1 saturated heterocycles. The van der Waals surface area contributed by atoms with E-state index in [2.05, 4.69) is 0 Å². The lowest BCUT2D eigenvalue weighted by Gasteiger charge is -2.28. The summed E-state index contributed by atoms with van der Waals surface area (Å²) in [6.45, 7) is 0.849. The first-order valence-corrected chi connectivity index (χ1v) is 13.6. The van der Waals surface area contributed by atoms with Crippen molar-refractivity contribution in [2.75, 3.05) is 20.7 Å². The number of benzene rings is 3. The SMILES string of the molecule is CN1C(=O)C(=Cc2cn(CCCOc3cc(O)c4c(=O)cc(-c5ccccc5)oc4c3)c3ccccc23)C(=O)N(C)C1=O. The fourth-order valence-corrected chi connectivity index (χ4v) is 5.20. The van der Waals surface area contributed by atoms with E-state index in [0.717, 1.165) is 26.3 Å². The summed E-state index contributed by atoms with van der Waals surface area (Å²) in [7, 11) is 2.69. The summed E-state index contributed by atoms with van der Waals surface area (Å²) < 4.78 is 13.9. The molecule has 10 heteroatoms. The van der Waals surface area contributed by atoms with E-state index in [4.69, 9.17) is 9.15 Å². The van der Waals surface area contributed by atoms with Crippen molar-refractivity contribution in [2.45, 2.75) is 13.0 Å². The number of hydrogen-bond acceptors (Lipinski definition) is 7. The lowest BCUT2D eigenvalue weighted by molar-refractivity contribution is -0.134.